The van der Waals surface area contributed by atoms with Crippen molar-refractivity contribution in [3.05, 3.63) is 71.9 Å². The number of carbonyl (C=O) groups excluding carboxylic acids is 1. The standard InChI is InChI=1S/C24H29N5O/c1-17(2)23(20-10-8-19(9-11-20)18-6-4-3-5-7-18)28-24(30)21-12-13-22(26-14-21)29-16-25-15-27-29/h8-18,23H,3-7H2,1-2H3,(H,28,30). The van der Waals surface area contributed by atoms with E-state index in [0.29, 0.717) is 17.3 Å². The summed E-state index contributed by atoms with van der Waals surface area (Å²) < 4.78 is 1.56. The topological polar surface area (TPSA) is 72.7 Å². The number of hydrogen-bond acceptors (Lipinski definition) is 4. The second-order valence-electron chi connectivity index (χ2n) is 8.44. The van der Waals surface area contributed by atoms with Gasteiger partial charge in [-0.15, -0.1) is 0 Å². The Labute approximate surface area is 177 Å². The molecule has 3 aromatic rings. The van der Waals surface area contributed by atoms with E-state index in [1.165, 1.54) is 44.0 Å². The lowest BCUT2D eigenvalue weighted by atomic mass is 9.83. The molecular weight excluding hydrogens is 374 g/mol. The molecule has 1 saturated carbocycles. The van der Waals surface area contributed by atoms with E-state index in [4.69, 9.17) is 0 Å². The van der Waals surface area contributed by atoms with Gasteiger partial charge in [-0.3, -0.25) is 4.79 Å². The number of nitrogens with one attached hydrogen (secondary N) is 1. The Hall–Kier alpha value is -3.02. The third-order valence-corrected chi connectivity index (χ3v) is 5.99. The van der Waals surface area contributed by atoms with Crippen LogP contribution in [0, 0.1) is 5.92 Å². The molecule has 1 aliphatic carbocycles. The molecule has 0 aliphatic heterocycles. The maximum atomic E-state index is 12.9. The van der Waals surface area contributed by atoms with Crippen LogP contribution in [0.15, 0.2) is 55.2 Å². The van der Waals surface area contributed by atoms with Gasteiger partial charge in [0, 0.05) is 6.20 Å². The van der Waals surface area contributed by atoms with Gasteiger partial charge in [0.15, 0.2) is 5.82 Å². The van der Waals surface area contributed by atoms with E-state index in [9.17, 15) is 4.79 Å². The van der Waals surface area contributed by atoms with Gasteiger partial charge >= 0.3 is 0 Å². The number of nitrogens with zero attached hydrogens (tertiary/aromatic N) is 4. The summed E-state index contributed by atoms with van der Waals surface area (Å²) in [6, 6.07) is 12.4. The molecule has 2 aromatic heterocycles. The highest BCUT2D eigenvalue weighted by Gasteiger charge is 2.21. The first kappa shape index (κ1) is 20.3. The van der Waals surface area contributed by atoms with Crippen LogP contribution < -0.4 is 5.32 Å². The monoisotopic (exact) mass is 403 g/mol. The lowest BCUT2D eigenvalue weighted by molar-refractivity contribution is 0.0925. The van der Waals surface area contributed by atoms with Crippen LogP contribution in [0.3, 0.4) is 0 Å². The minimum atomic E-state index is -0.123. The van der Waals surface area contributed by atoms with Crippen LogP contribution in [0.2, 0.25) is 0 Å². The fourth-order valence-corrected chi connectivity index (χ4v) is 4.25. The predicted octanol–water partition coefficient (Wildman–Crippen LogP) is 4.84. The smallest absolute Gasteiger partial charge is 0.253 e. The van der Waals surface area contributed by atoms with E-state index in [0.717, 1.165) is 5.56 Å². The van der Waals surface area contributed by atoms with Gasteiger partial charge in [-0.2, -0.15) is 5.10 Å². The Morgan fingerprint density at radius 1 is 1.07 bits per heavy atom. The van der Waals surface area contributed by atoms with Crippen molar-refractivity contribution < 1.29 is 4.79 Å². The number of rotatable bonds is 6. The van der Waals surface area contributed by atoms with Gasteiger partial charge in [0.25, 0.3) is 5.91 Å². The molecule has 0 radical (unpaired) electrons. The summed E-state index contributed by atoms with van der Waals surface area (Å²) in [4.78, 5) is 21.1. The van der Waals surface area contributed by atoms with E-state index < -0.39 is 0 Å². The Morgan fingerprint density at radius 3 is 2.43 bits per heavy atom. The van der Waals surface area contributed by atoms with E-state index in [2.05, 4.69) is 58.5 Å². The fourth-order valence-electron chi connectivity index (χ4n) is 4.25. The lowest BCUT2D eigenvalue weighted by Crippen LogP contribution is -2.31. The average Bonchev–Trinajstić information content (AvgIpc) is 3.33. The molecule has 0 bridgehead atoms. The first-order valence-corrected chi connectivity index (χ1v) is 10.8. The minimum Gasteiger partial charge on any atom is -0.345 e. The van der Waals surface area contributed by atoms with Crippen molar-refractivity contribution in [3.8, 4) is 5.82 Å². The van der Waals surface area contributed by atoms with E-state index >= 15 is 0 Å². The summed E-state index contributed by atoms with van der Waals surface area (Å²) in [5.74, 6) is 1.47. The van der Waals surface area contributed by atoms with Gasteiger partial charge in [0.2, 0.25) is 0 Å². The molecule has 6 heteroatoms. The summed E-state index contributed by atoms with van der Waals surface area (Å²) in [6.45, 7) is 4.26. The maximum absolute atomic E-state index is 12.9. The molecule has 0 saturated heterocycles. The fraction of sp³-hybridized carbons (Fsp3) is 0.417. The van der Waals surface area contributed by atoms with Gasteiger partial charge < -0.3 is 5.32 Å². The lowest BCUT2D eigenvalue weighted by Gasteiger charge is -2.25. The summed E-state index contributed by atoms with van der Waals surface area (Å²) >= 11 is 0. The van der Waals surface area contributed by atoms with E-state index in [-0.39, 0.29) is 17.9 Å². The van der Waals surface area contributed by atoms with Crippen LogP contribution in [-0.2, 0) is 0 Å². The molecule has 30 heavy (non-hydrogen) atoms. The van der Waals surface area contributed by atoms with E-state index in [1.807, 2.05) is 0 Å². The number of pyridine rings is 1. The minimum absolute atomic E-state index is 0.0482. The maximum Gasteiger partial charge on any atom is 0.253 e. The second kappa shape index (κ2) is 9.20. The first-order chi connectivity index (χ1) is 14.6. The van der Waals surface area contributed by atoms with Gasteiger partial charge in [0.05, 0.1) is 11.6 Å². The summed E-state index contributed by atoms with van der Waals surface area (Å²) in [5.41, 5.74) is 3.11. The van der Waals surface area contributed by atoms with Gasteiger partial charge in [-0.05, 0) is 47.9 Å². The Balaban J connectivity index is 1.45. The van der Waals surface area contributed by atoms with Crippen molar-refractivity contribution in [1.82, 2.24) is 25.1 Å². The highest BCUT2D eigenvalue weighted by molar-refractivity contribution is 5.94. The number of amides is 1. The van der Waals surface area contributed by atoms with Crippen LogP contribution in [0.4, 0.5) is 0 Å². The second-order valence-corrected chi connectivity index (χ2v) is 8.44. The molecule has 1 atom stereocenters. The molecule has 1 unspecified atom stereocenters. The van der Waals surface area contributed by atoms with Crippen molar-refractivity contribution in [2.24, 2.45) is 5.92 Å². The van der Waals surface area contributed by atoms with E-state index in [1.54, 1.807) is 29.3 Å². The molecule has 2 heterocycles. The first-order valence-electron chi connectivity index (χ1n) is 10.8. The molecule has 156 valence electrons. The van der Waals surface area contributed by atoms with Crippen molar-refractivity contribution >= 4 is 5.91 Å². The number of hydrogen-bond donors (Lipinski definition) is 1. The zero-order chi connectivity index (χ0) is 20.9. The quantitative estimate of drug-likeness (QED) is 0.639. The third-order valence-electron chi connectivity index (χ3n) is 5.99. The molecule has 1 fully saturated rings. The number of aromatic nitrogens is 4. The highest BCUT2D eigenvalue weighted by Crippen LogP contribution is 2.33. The molecule has 6 nitrogen and oxygen atoms in total. The van der Waals surface area contributed by atoms with Gasteiger partial charge in [-0.1, -0.05) is 57.4 Å². The average molecular weight is 404 g/mol. The van der Waals surface area contributed by atoms with Crippen LogP contribution in [-0.4, -0.2) is 25.7 Å². The Kier molecular flexibility index (Phi) is 6.21. The predicted molar refractivity (Wildman–Crippen MR) is 116 cm³/mol. The molecule has 4 rings (SSSR count). The van der Waals surface area contributed by atoms with Gasteiger partial charge in [-0.25, -0.2) is 14.6 Å². The van der Waals surface area contributed by atoms with Crippen molar-refractivity contribution in [1.29, 1.82) is 0 Å². The molecule has 1 aliphatic rings. The summed E-state index contributed by atoms with van der Waals surface area (Å²) in [5, 5.41) is 7.24. The zero-order valence-corrected chi connectivity index (χ0v) is 17.7. The Bertz CT molecular complexity index is 942. The molecular formula is C24H29N5O. The van der Waals surface area contributed by atoms with Crippen molar-refractivity contribution in [2.75, 3.05) is 0 Å². The molecule has 1 N–H and O–H groups in total. The largest absolute Gasteiger partial charge is 0.345 e. The van der Waals surface area contributed by atoms with Crippen molar-refractivity contribution in [2.45, 2.75) is 57.9 Å². The van der Waals surface area contributed by atoms with Crippen LogP contribution in [0.1, 0.15) is 79.4 Å². The van der Waals surface area contributed by atoms with Crippen molar-refractivity contribution in [3.63, 3.8) is 0 Å². The highest BCUT2D eigenvalue weighted by atomic mass is 16.1. The van der Waals surface area contributed by atoms with Crippen LogP contribution >= 0.6 is 0 Å². The third kappa shape index (κ3) is 4.58. The van der Waals surface area contributed by atoms with Crippen LogP contribution in [0.25, 0.3) is 5.82 Å². The summed E-state index contributed by atoms with van der Waals surface area (Å²) in [7, 11) is 0. The SMILES string of the molecule is CC(C)C(NC(=O)c1ccc(-n2cncn2)nc1)c1ccc(C2CCCCC2)cc1. The van der Waals surface area contributed by atoms with Crippen LogP contribution in [0.5, 0.6) is 0 Å². The van der Waals surface area contributed by atoms with Gasteiger partial charge in [0.1, 0.15) is 12.7 Å². The molecule has 1 amide bonds. The summed E-state index contributed by atoms with van der Waals surface area (Å²) in [6.07, 6.45) is 11.2. The zero-order valence-electron chi connectivity index (χ0n) is 17.7. The normalized spacial score (nSPS) is 15.8. The molecule has 0 spiro atoms. The Morgan fingerprint density at radius 2 is 1.83 bits per heavy atom. The number of carbonyl (C=O) groups is 1. The number of benzene rings is 1. The molecule has 1 aromatic carbocycles.